The minimum Gasteiger partial charge on any atom is -0.379 e. The number of ether oxygens (including phenoxy) is 1. The molecule has 0 bridgehead atoms. The van der Waals surface area contributed by atoms with Gasteiger partial charge in [0.25, 0.3) is 5.91 Å². The van der Waals surface area contributed by atoms with E-state index in [0.29, 0.717) is 22.8 Å². The lowest BCUT2D eigenvalue weighted by molar-refractivity contribution is 0.0376. The lowest BCUT2D eigenvalue weighted by atomic mass is 10.2. The summed E-state index contributed by atoms with van der Waals surface area (Å²) in [7, 11) is 0. The fraction of sp³-hybridized carbons (Fsp3) is 0.318. The number of aromatic nitrogens is 2. The molecule has 3 heterocycles. The van der Waals surface area contributed by atoms with Gasteiger partial charge in [0.2, 0.25) is 0 Å². The highest BCUT2D eigenvalue weighted by Gasteiger charge is 2.23. The molecular weight excluding hydrogens is 435 g/mol. The van der Waals surface area contributed by atoms with Crippen LogP contribution in [0.4, 0.5) is 9.52 Å². The van der Waals surface area contributed by atoms with Crippen molar-refractivity contribution in [3.8, 4) is 0 Å². The summed E-state index contributed by atoms with van der Waals surface area (Å²) in [6.07, 6.45) is 0.799. The van der Waals surface area contributed by atoms with Crippen molar-refractivity contribution in [1.82, 2.24) is 14.9 Å². The van der Waals surface area contributed by atoms with Gasteiger partial charge in [-0.15, -0.1) is 11.3 Å². The predicted molar refractivity (Wildman–Crippen MR) is 123 cm³/mol. The van der Waals surface area contributed by atoms with Crippen molar-refractivity contribution < 1.29 is 13.9 Å². The molecule has 2 aromatic carbocycles. The largest absolute Gasteiger partial charge is 0.379 e. The molecule has 5 rings (SSSR count). The Bertz CT molecular complexity index is 1220. The van der Waals surface area contributed by atoms with Crippen LogP contribution in [0.5, 0.6) is 0 Å². The molecule has 0 spiro atoms. The molecule has 2 aromatic heterocycles. The third-order valence-electron chi connectivity index (χ3n) is 5.37. The number of rotatable bonds is 6. The van der Waals surface area contributed by atoms with E-state index < -0.39 is 0 Å². The van der Waals surface area contributed by atoms with E-state index >= 15 is 0 Å². The molecule has 31 heavy (non-hydrogen) atoms. The van der Waals surface area contributed by atoms with Gasteiger partial charge < -0.3 is 4.74 Å². The molecule has 1 amide bonds. The maximum Gasteiger partial charge on any atom is 0.260 e. The van der Waals surface area contributed by atoms with Crippen LogP contribution in [0, 0.1) is 5.82 Å². The summed E-state index contributed by atoms with van der Waals surface area (Å²) in [6, 6.07) is 10.4. The average molecular weight is 457 g/mol. The number of anilines is 1. The smallest absolute Gasteiger partial charge is 0.260 e. The molecule has 4 aromatic rings. The fourth-order valence-electron chi connectivity index (χ4n) is 3.72. The van der Waals surface area contributed by atoms with Crippen LogP contribution in [0.3, 0.4) is 0 Å². The highest BCUT2D eigenvalue weighted by atomic mass is 32.1. The fourth-order valence-corrected chi connectivity index (χ4v) is 5.44. The van der Waals surface area contributed by atoms with Crippen LogP contribution < -0.4 is 4.90 Å². The van der Waals surface area contributed by atoms with Crippen molar-refractivity contribution in [2.24, 2.45) is 0 Å². The number of carbonyl (C=O) groups excluding carboxylic acids is 1. The van der Waals surface area contributed by atoms with Crippen LogP contribution in [-0.4, -0.2) is 60.2 Å². The first-order valence-corrected chi connectivity index (χ1v) is 11.9. The number of fused-ring (bicyclic) bond motifs is 2. The minimum atomic E-state index is -0.369. The van der Waals surface area contributed by atoms with Crippen LogP contribution in [0.25, 0.3) is 20.4 Å². The molecule has 9 heteroatoms. The number of hydrogen-bond donors (Lipinski definition) is 0. The Morgan fingerprint density at radius 3 is 2.90 bits per heavy atom. The van der Waals surface area contributed by atoms with E-state index in [1.165, 1.54) is 28.7 Å². The number of para-hydroxylation sites is 1. The first kappa shape index (κ1) is 20.4. The maximum atomic E-state index is 14.2. The second-order valence-corrected chi connectivity index (χ2v) is 9.28. The molecule has 0 unspecified atom stereocenters. The summed E-state index contributed by atoms with van der Waals surface area (Å²) in [5.74, 6) is -0.497. The molecule has 1 fully saturated rings. The van der Waals surface area contributed by atoms with Crippen LogP contribution in [0.1, 0.15) is 16.8 Å². The van der Waals surface area contributed by atoms with Crippen molar-refractivity contribution in [2.45, 2.75) is 6.42 Å². The van der Waals surface area contributed by atoms with E-state index in [0.717, 1.165) is 54.2 Å². The zero-order valence-corrected chi connectivity index (χ0v) is 18.4. The molecule has 160 valence electrons. The van der Waals surface area contributed by atoms with E-state index in [4.69, 9.17) is 4.74 Å². The number of thiazole rings is 2. The molecule has 0 saturated carbocycles. The van der Waals surface area contributed by atoms with Gasteiger partial charge in [-0.05, 0) is 36.8 Å². The van der Waals surface area contributed by atoms with Crippen molar-refractivity contribution in [2.75, 3.05) is 44.3 Å². The van der Waals surface area contributed by atoms with Crippen LogP contribution >= 0.6 is 22.7 Å². The highest BCUT2D eigenvalue weighted by molar-refractivity contribution is 7.22. The molecule has 1 aliphatic rings. The second-order valence-electron chi connectivity index (χ2n) is 7.38. The Kier molecular flexibility index (Phi) is 5.91. The topological polar surface area (TPSA) is 58.6 Å². The van der Waals surface area contributed by atoms with Crippen molar-refractivity contribution in [3.63, 3.8) is 0 Å². The molecule has 0 atom stereocenters. The predicted octanol–water partition coefficient (Wildman–Crippen LogP) is 4.41. The minimum absolute atomic E-state index is 0.128. The highest BCUT2D eigenvalue weighted by Crippen LogP contribution is 2.31. The van der Waals surface area contributed by atoms with Crippen LogP contribution in [0.2, 0.25) is 0 Å². The van der Waals surface area contributed by atoms with Crippen LogP contribution in [-0.2, 0) is 4.74 Å². The summed E-state index contributed by atoms with van der Waals surface area (Å²) >= 11 is 2.85. The van der Waals surface area contributed by atoms with Gasteiger partial charge in [-0.1, -0.05) is 17.4 Å². The van der Waals surface area contributed by atoms with Gasteiger partial charge in [0.05, 0.1) is 33.6 Å². The number of hydrogen-bond acceptors (Lipinski definition) is 7. The Hall–Kier alpha value is -2.46. The Labute approximate surface area is 186 Å². The van der Waals surface area contributed by atoms with Crippen molar-refractivity contribution in [3.05, 3.63) is 53.3 Å². The lowest BCUT2D eigenvalue weighted by Gasteiger charge is -2.27. The van der Waals surface area contributed by atoms with Gasteiger partial charge in [0.1, 0.15) is 11.3 Å². The monoisotopic (exact) mass is 456 g/mol. The molecular formula is C22H21FN4O2S2. The Balaban J connectivity index is 1.43. The molecule has 0 N–H and O–H groups in total. The number of benzene rings is 2. The number of morpholine rings is 1. The van der Waals surface area contributed by atoms with E-state index in [9.17, 15) is 9.18 Å². The molecule has 1 aliphatic heterocycles. The first-order chi connectivity index (χ1) is 15.2. The SMILES string of the molecule is O=C(c1ccc2ncsc2c1)N(CCCN1CCOCC1)c1nc2c(F)cccc2s1. The number of halogens is 1. The zero-order chi connectivity index (χ0) is 21.2. The molecule has 0 radical (unpaired) electrons. The number of amides is 1. The number of carbonyl (C=O) groups is 1. The van der Waals surface area contributed by atoms with Gasteiger partial charge in [-0.2, -0.15) is 0 Å². The summed E-state index contributed by atoms with van der Waals surface area (Å²) in [5, 5.41) is 0.525. The third-order valence-corrected chi connectivity index (χ3v) is 7.21. The summed E-state index contributed by atoms with van der Waals surface area (Å²) in [4.78, 5) is 26.3. The van der Waals surface area contributed by atoms with Crippen molar-refractivity contribution >= 4 is 54.1 Å². The number of nitrogens with zero attached hydrogens (tertiary/aromatic N) is 4. The third kappa shape index (κ3) is 4.31. The summed E-state index contributed by atoms with van der Waals surface area (Å²) in [6.45, 7) is 4.69. The summed E-state index contributed by atoms with van der Waals surface area (Å²) in [5.41, 5.74) is 3.55. The Morgan fingerprint density at radius 1 is 1.19 bits per heavy atom. The zero-order valence-electron chi connectivity index (χ0n) is 16.8. The van der Waals surface area contributed by atoms with Gasteiger partial charge in [0.15, 0.2) is 5.13 Å². The molecule has 6 nitrogen and oxygen atoms in total. The standard InChI is InChI=1S/C22H21FN4O2S2/c23-16-3-1-4-18-20(16)25-22(31-18)27(8-2-7-26-9-11-29-12-10-26)21(28)15-5-6-17-19(13-15)30-14-24-17/h1,3-6,13-14H,2,7-12H2. The molecule has 1 saturated heterocycles. The van der Waals surface area contributed by atoms with E-state index in [2.05, 4.69) is 14.9 Å². The van der Waals surface area contributed by atoms with E-state index in [1.54, 1.807) is 22.5 Å². The van der Waals surface area contributed by atoms with Gasteiger partial charge in [-0.25, -0.2) is 14.4 Å². The van der Waals surface area contributed by atoms with Crippen LogP contribution in [0.15, 0.2) is 41.9 Å². The Morgan fingerprint density at radius 2 is 2.06 bits per heavy atom. The lowest BCUT2D eigenvalue weighted by Crippen LogP contribution is -2.39. The van der Waals surface area contributed by atoms with E-state index in [-0.39, 0.29) is 11.7 Å². The second kappa shape index (κ2) is 8.96. The normalized spacial score (nSPS) is 15.0. The first-order valence-electron chi connectivity index (χ1n) is 10.2. The average Bonchev–Trinajstić information content (AvgIpc) is 3.44. The van der Waals surface area contributed by atoms with Gasteiger partial charge >= 0.3 is 0 Å². The quantitative estimate of drug-likeness (QED) is 0.430. The molecule has 0 aliphatic carbocycles. The van der Waals surface area contributed by atoms with E-state index in [1.807, 2.05) is 18.2 Å². The van der Waals surface area contributed by atoms with Gasteiger partial charge in [-0.3, -0.25) is 14.6 Å². The van der Waals surface area contributed by atoms with Crippen molar-refractivity contribution in [1.29, 1.82) is 0 Å². The van der Waals surface area contributed by atoms with Gasteiger partial charge in [0, 0.05) is 31.7 Å². The summed E-state index contributed by atoms with van der Waals surface area (Å²) < 4.78 is 21.4. The maximum absolute atomic E-state index is 14.2.